The van der Waals surface area contributed by atoms with Crippen molar-refractivity contribution in [3.05, 3.63) is 35.4 Å². The summed E-state index contributed by atoms with van der Waals surface area (Å²) in [4.78, 5) is 0. The highest BCUT2D eigenvalue weighted by Crippen LogP contribution is 2.34. The van der Waals surface area contributed by atoms with Gasteiger partial charge < -0.3 is 5.11 Å². The number of hydrogen-bond donors (Lipinski definition) is 1. The Kier molecular flexibility index (Phi) is 4.14. The smallest absolute Gasteiger partial charge is 0.355 e. The van der Waals surface area contributed by atoms with E-state index in [1.807, 2.05) is 6.92 Å². The molecule has 96 valence electrons. The van der Waals surface area contributed by atoms with Gasteiger partial charge in [0.05, 0.1) is 0 Å². The summed E-state index contributed by atoms with van der Waals surface area (Å²) in [6, 6.07) is 6.10. The predicted molar refractivity (Wildman–Crippen MR) is 56.3 cm³/mol. The van der Waals surface area contributed by atoms with Crippen LogP contribution >= 0.6 is 0 Å². The topological polar surface area (TPSA) is 20.2 Å². The van der Waals surface area contributed by atoms with Gasteiger partial charge in [-0.05, 0) is 17.5 Å². The number of alkyl halides is 4. The van der Waals surface area contributed by atoms with Crippen LogP contribution < -0.4 is 0 Å². The zero-order valence-corrected chi connectivity index (χ0v) is 9.39. The first-order chi connectivity index (χ1) is 7.76. The SMILES string of the molecule is CCCc1ccc(CC(O)(F)C(F)(F)F)cc1. The third-order valence-corrected chi connectivity index (χ3v) is 2.43. The molecule has 5 heteroatoms. The molecule has 0 bridgehead atoms. The van der Waals surface area contributed by atoms with Gasteiger partial charge in [0.1, 0.15) is 0 Å². The van der Waals surface area contributed by atoms with Crippen molar-refractivity contribution in [2.24, 2.45) is 0 Å². The molecule has 1 aromatic rings. The predicted octanol–water partition coefficient (Wildman–Crippen LogP) is 3.40. The molecular formula is C12H14F4O. The lowest BCUT2D eigenvalue weighted by Gasteiger charge is -2.21. The van der Waals surface area contributed by atoms with Crippen LogP contribution in [0.5, 0.6) is 0 Å². The third kappa shape index (κ3) is 3.70. The second-order valence-corrected chi connectivity index (χ2v) is 4.00. The van der Waals surface area contributed by atoms with Gasteiger partial charge in [0.2, 0.25) is 0 Å². The van der Waals surface area contributed by atoms with Crippen LogP contribution in [0, 0.1) is 0 Å². The molecule has 0 aliphatic heterocycles. The van der Waals surface area contributed by atoms with Gasteiger partial charge >= 0.3 is 12.0 Å². The van der Waals surface area contributed by atoms with Crippen molar-refractivity contribution in [1.82, 2.24) is 0 Å². The Morgan fingerprint density at radius 2 is 1.47 bits per heavy atom. The van der Waals surface area contributed by atoms with E-state index in [0.717, 1.165) is 18.4 Å². The van der Waals surface area contributed by atoms with Gasteiger partial charge in [0.15, 0.2) is 0 Å². The van der Waals surface area contributed by atoms with Gasteiger partial charge in [0.25, 0.3) is 0 Å². The molecule has 1 atom stereocenters. The second kappa shape index (κ2) is 5.04. The Morgan fingerprint density at radius 1 is 1.00 bits per heavy atom. The van der Waals surface area contributed by atoms with E-state index in [2.05, 4.69) is 0 Å². The Balaban J connectivity index is 2.76. The fraction of sp³-hybridized carbons (Fsp3) is 0.500. The van der Waals surface area contributed by atoms with Crippen LogP contribution in [0.1, 0.15) is 24.5 Å². The van der Waals surface area contributed by atoms with Crippen LogP contribution in [0.15, 0.2) is 24.3 Å². The maximum atomic E-state index is 13.0. The molecule has 0 heterocycles. The molecule has 0 saturated carbocycles. The summed E-state index contributed by atoms with van der Waals surface area (Å²) in [7, 11) is 0. The summed E-state index contributed by atoms with van der Waals surface area (Å²) in [5.74, 6) is -4.17. The normalized spacial score (nSPS) is 15.6. The maximum Gasteiger partial charge on any atom is 0.448 e. The molecule has 1 N–H and O–H groups in total. The van der Waals surface area contributed by atoms with Gasteiger partial charge in [-0.3, -0.25) is 0 Å². The van der Waals surface area contributed by atoms with E-state index in [4.69, 9.17) is 5.11 Å². The average molecular weight is 250 g/mol. The first-order valence-electron chi connectivity index (χ1n) is 5.32. The monoisotopic (exact) mass is 250 g/mol. The minimum absolute atomic E-state index is 0.118. The zero-order valence-electron chi connectivity index (χ0n) is 9.39. The standard InChI is InChI=1S/C12H14F4O/c1-2-3-9-4-6-10(7-5-9)8-11(13,17)12(14,15)16/h4-7,17H,2-3,8H2,1H3. The fourth-order valence-corrected chi connectivity index (χ4v) is 1.48. The van der Waals surface area contributed by atoms with Gasteiger partial charge in [-0.2, -0.15) is 13.2 Å². The van der Waals surface area contributed by atoms with Crippen molar-refractivity contribution in [1.29, 1.82) is 0 Å². The minimum atomic E-state index is -5.27. The Bertz CT molecular complexity index is 354. The summed E-state index contributed by atoms with van der Waals surface area (Å²) in [6.07, 6.45) is -4.60. The highest BCUT2D eigenvalue weighted by atomic mass is 19.4. The van der Waals surface area contributed by atoms with Crippen LogP contribution in [-0.2, 0) is 12.8 Å². The van der Waals surface area contributed by atoms with Gasteiger partial charge in [-0.25, -0.2) is 4.39 Å². The number of halogens is 4. The van der Waals surface area contributed by atoms with Crippen molar-refractivity contribution < 1.29 is 22.7 Å². The summed E-state index contributed by atoms with van der Waals surface area (Å²) in [5, 5.41) is 8.69. The number of aliphatic hydroxyl groups is 1. The molecule has 1 rings (SSSR count). The highest BCUT2D eigenvalue weighted by molar-refractivity contribution is 5.23. The highest BCUT2D eigenvalue weighted by Gasteiger charge is 2.54. The summed E-state index contributed by atoms with van der Waals surface area (Å²) < 4.78 is 49.2. The molecule has 0 aliphatic carbocycles. The summed E-state index contributed by atoms with van der Waals surface area (Å²) in [5.41, 5.74) is 1.10. The van der Waals surface area contributed by atoms with Crippen molar-refractivity contribution in [2.75, 3.05) is 0 Å². The quantitative estimate of drug-likeness (QED) is 0.812. The molecule has 0 fully saturated rings. The number of rotatable bonds is 4. The van der Waals surface area contributed by atoms with E-state index in [0.29, 0.717) is 0 Å². The van der Waals surface area contributed by atoms with E-state index >= 15 is 0 Å². The number of benzene rings is 1. The lowest BCUT2D eigenvalue weighted by Crippen LogP contribution is -2.42. The van der Waals surface area contributed by atoms with E-state index in [-0.39, 0.29) is 5.56 Å². The van der Waals surface area contributed by atoms with Crippen molar-refractivity contribution in [3.8, 4) is 0 Å². The first-order valence-corrected chi connectivity index (χ1v) is 5.32. The Labute approximate surface area is 97.1 Å². The van der Waals surface area contributed by atoms with E-state index in [1.165, 1.54) is 12.1 Å². The van der Waals surface area contributed by atoms with Gasteiger partial charge in [-0.1, -0.05) is 37.6 Å². The largest absolute Gasteiger partial charge is 0.448 e. The van der Waals surface area contributed by atoms with Crippen LogP contribution in [-0.4, -0.2) is 17.1 Å². The molecule has 17 heavy (non-hydrogen) atoms. The average Bonchev–Trinajstić information content (AvgIpc) is 2.19. The summed E-state index contributed by atoms with van der Waals surface area (Å²) in [6.45, 7) is 1.98. The molecule has 0 aromatic heterocycles. The molecular weight excluding hydrogens is 236 g/mol. The maximum absolute atomic E-state index is 13.0. The lowest BCUT2D eigenvalue weighted by atomic mass is 10.0. The van der Waals surface area contributed by atoms with Gasteiger partial charge in [0, 0.05) is 6.42 Å². The molecule has 1 nitrogen and oxygen atoms in total. The van der Waals surface area contributed by atoms with E-state index in [9.17, 15) is 17.6 Å². The second-order valence-electron chi connectivity index (χ2n) is 4.00. The molecule has 0 amide bonds. The molecule has 0 radical (unpaired) electrons. The van der Waals surface area contributed by atoms with Gasteiger partial charge in [-0.15, -0.1) is 0 Å². The number of aryl methyl sites for hydroxylation is 1. The molecule has 0 aliphatic rings. The first kappa shape index (κ1) is 14.0. The van der Waals surface area contributed by atoms with E-state index < -0.39 is 18.5 Å². The fourth-order valence-electron chi connectivity index (χ4n) is 1.48. The van der Waals surface area contributed by atoms with Crippen molar-refractivity contribution in [3.63, 3.8) is 0 Å². The molecule has 0 saturated heterocycles. The van der Waals surface area contributed by atoms with Crippen LogP contribution in [0.4, 0.5) is 17.6 Å². The minimum Gasteiger partial charge on any atom is -0.355 e. The number of hydrogen-bond acceptors (Lipinski definition) is 1. The van der Waals surface area contributed by atoms with Crippen LogP contribution in [0.3, 0.4) is 0 Å². The molecule has 1 aromatic carbocycles. The van der Waals surface area contributed by atoms with E-state index in [1.54, 1.807) is 12.1 Å². The van der Waals surface area contributed by atoms with Crippen LogP contribution in [0.25, 0.3) is 0 Å². The zero-order chi connectivity index (χ0) is 13.1. The summed E-state index contributed by atoms with van der Waals surface area (Å²) >= 11 is 0. The molecule has 1 unspecified atom stereocenters. The Hall–Kier alpha value is -1.10. The third-order valence-electron chi connectivity index (χ3n) is 2.43. The Morgan fingerprint density at radius 3 is 1.88 bits per heavy atom. The molecule has 0 spiro atoms. The lowest BCUT2D eigenvalue weighted by molar-refractivity contribution is -0.314. The van der Waals surface area contributed by atoms with Crippen LogP contribution in [0.2, 0.25) is 0 Å². The van der Waals surface area contributed by atoms with Crippen molar-refractivity contribution >= 4 is 0 Å². The van der Waals surface area contributed by atoms with Crippen molar-refractivity contribution in [2.45, 2.75) is 38.2 Å².